The maximum absolute atomic E-state index is 13.7. The summed E-state index contributed by atoms with van der Waals surface area (Å²) in [6, 6.07) is 18.3. The number of nitrogens with zero attached hydrogens (tertiary/aromatic N) is 3. The zero-order chi connectivity index (χ0) is 23.4. The third-order valence-corrected chi connectivity index (χ3v) is 7.04. The quantitative estimate of drug-likeness (QED) is 0.503. The molecule has 0 aliphatic carbocycles. The number of aromatic nitrogens is 1. The standard InChI is InChI=1S/C26H27N3O3S/c1-28(2)22(30)17-29-15-20(24(31)18-9-5-3-6-10-18)23(26-27-13-14-33-26)21(16-29)25(32)19-11-7-4-8-12-19/h3-14,20-21,23H,15-17H2,1-2H3. The summed E-state index contributed by atoms with van der Waals surface area (Å²) in [5.74, 6) is -1.43. The molecule has 0 saturated carbocycles. The van der Waals surface area contributed by atoms with Crippen LogP contribution in [0.5, 0.6) is 0 Å². The van der Waals surface area contributed by atoms with Crippen LogP contribution < -0.4 is 0 Å². The van der Waals surface area contributed by atoms with E-state index in [1.807, 2.05) is 46.7 Å². The minimum atomic E-state index is -0.486. The highest BCUT2D eigenvalue weighted by Crippen LogP contribution is 2.41. The molecule has 7 heteroatoms. The van der Waals surface area contributed by atoms with Crippen molar-refractivity contribution in [3.8, 4) is 0 Å². The lowest BCUT2D eigenvalue weighted by Gasteiger charge is -2.42. The zero-order valence-corrected chi connectivity index (χ0v) is 19.6. The highest BCUT2D eigenvalue weighted by Gasteiger charge is 2.46. The molecule has 170 valence electrons. The van der Waals surface area contributed by atoms with Gasteiger partial charge in [-0.15, -0.1) is 11.3 Å². The molecule has 33 heavy (non-hydrogen) atoms. The van der Waals surface area contributed by atoms with E-state index in [4.69, 9.17) is 0 Å². The highest BCUT2D eigenvalue weighted by atomic mass is 32.1. The average Bonchev–Trinajstić information content (AvgIpc) is 3.38. The van der Waals surface area contributed by atoms with Crippen LogP contribution >= 0.6 is 11.3 Å². The number of carbonyl (C=O) groups is 3. The first-order valence-electron chi connectivity index (χ1n) is 11.0. The molecule has 2 atom stereocenters. The summed E-state index contributed by atoms with van der Waals surface area (Å²) in [6.45, 7) is 0.959. The van der Waals surface area contributed by atoms with Crippen molar-refractivity contribution in [1.29, 1.82) is 0 Å². The third kappa shape index (κ3) is 5.10. The lowest BCUT2D eigenvalue weighted by atomic mass is 9.72. The first kappa shape index (κ1) is 23.0. The van der Waals surface area contributed by atoms with Crippen LogP contribution in [0.15, 0.2) is 72.2 Å². The second-order valence-electron chi connectivity index (χ2n) is 8.55. The number of rotatable bonds is 7. The molecule has 1 aliphatic rings. The van der Waals surface area contributed by atoms with E-state index < -0.39 is 11.8 Å². The number of hydrogen-bond acceptors (Lipinski definition) is 6. The van der Waals surface area contributed by atoms with Gasteiger partial charge in [-0.25, -0.2) is 4.98 Å². The molecule has 0 N–H and O–H groups in total. The number of benzene rings is 2. The summed E-state index contributed by atoms with van der Waals surface area (Å²) >= 11 is 1.47. The molecule has 6 nitrogen and oxygen atoms in total. The normalized spacial score (nSPS) is 20.8. The lowest BCUT2D eigenvalue weighted by molar-refractivity contribution is -0.130. The fraction of sp³-hybridized carbons (Fsp3) is 0.308. The molecule has 0 bridgehead atoms. The topological polar surface area (TPSA) is 70.6 Å². The van der Waals surface area contributed by atoms with Gasteiger partial charge in [0.05, 0.1) is 11.6 Å². The van der Waals surface area contributed by atoms with E-state index in [9.17, 15) is 14.4 Å². The van der Waals surface area contributed by atoms with Crippen molar-refractivity contribution in [3.63, 3.8) is 0 Å². The molecule has 2 unspecified atom stereocenters. The van der Waals surface area contributed by atoms with Gasteiger partial charge in [0.1, 0.15) is 0 Å². The van der Waals surface area contributed by atoms with Gasteiger partial charge in [-0.05, 0) is 0 Å². The van der Waals surface area contributed by atoms with Crippen LogP contribution in [0.4, 0.5) is 0 Å². The largest absolute Gasteiger partial charge is 0.348 e. The maximum atomic E-state index is 13.7. The minimum absolute atomic E-state index is 0.0244. The molecular weight excluding hydrogens is 434 g/mol. The second kappa shape index (κ2) is 10.2. The number of likely N-dealkylation sites (N-methyl/N-ethyl adjacent to an activating group) is 1. The van der Waals surface area contributed by atoms with Gasteiger partial charge in [0.25, 0.3) is 0 Å². The number of hydrogen-bond donors (Lipinski definition) is 0. The van der Waals surface area contributed by atoms with Crippen LogP contribution in [0.3, 0.4) is 0 Å². The molecule has 1 fully saturated rings. The summed E-state index contributed by atoms with van der Waals surface area (Å²) < 4.78 is 0. The Morgan fingerprint density at radius 3 is 1.85 bits per heavy atom. The van der Waals surface area contributed by atoms with Gasteiger partial charge in [0, 0.05) is 67.6 Å². The number of Topliss-reactive ketones (excluding diaryl/α,β-unsaturated/α-hetero) is 2. The Labute approximate surface area is 197 Å². The summed E-state index contributed by atoms with van der Waals surface area (Å²) in [4.78, 5) is 48.0. The van der Waals surface area contributed by atoms with Crippen LogP contribution in [-0.4, -0.2) is 66.0 Å². The van der Waals surface area contributed by atoms with Gasteiger partial charge in [0.15, 0.2) is 11.6 Å². The van der Waals surface area contributed by atoms with Gasteiger partial charge < -0.3 is 4.90 Å². The van der Waals surface area contributed by atoms with E-state index in [1.165, 1.54) is 16.2 Å². The van der Waals surface area contributed by atoms with Crippen LogP contribution in [-0.2, 0) is 4.79 Å². The molecule has 0 spiro atoms. The summed E-state index contributed by atoms with van der Waals surface area (Å²) in [5, 5.41) is 2.67. The molecule has 1 aromatic heterocycles. The Balaban J connectivity index is 1.76. The molecule has 3 aromatic rings. The second-order valence-corrected chi connectivity index (χ2v) is 9.48. The lowest BCUT2D eigenvalue weighted by Crippen LogP contribution is -2.52. The number of amides is 1. The van der Waals surface area contributed by atoms with Gasteiger partial charge in [-0.1, -0.05) is 60.7 Å². The van der Waals surface area contributed by atoms with Gasteiger partial charge in [-0.2, -0.15) is 0 Å². The molecule has 1 aliphatic heterocycles. The van der Waals surface area contributed by atoms with E-state index in [2.05, 4.69) is 4.98 Å². The van der Waals surface area contributed by atoms with Crippen molar-refractivity contribution in [2.75, 3.05) is 33.7 Å². The number of likely N-dealkylation sites (tertiary alicyclic amines) is 1. The van der Waals surface area contributed by atoms with Crippen molar-refractivity contribution in [3.05, 3.63) is 88.4 Å². The van der Waals surface area contributed by atoms with E-state index in [-0.39, 0.29) is 29.9 Å². The summed E-state index contributed by atoms with van der Waals surface area (Å²) in [7, 11) is 3.42. The van der Waals surface area contributed by atoms with Crippen molar-refractivity contribution in [2.24, 2.45) is 11.8 Å². The molecule has 2 heterocycles. The Bertz CT molecular complexity index is 1040. The Kier molecular flexibility index (Phi) is 7.11. The predicted octanol–water partition coefficient (Wildman–Crippen LogP) is 3.63. The van der Waals surface area contributed by atoms with Crippen LogP contribution in [0, 0.1) is 11.8 Å². The van der Waals surface area contributed by atoms with E-state index in [1.54, 1.807) is 44.6 Å². The third-order valence-electron chi connectivity index (χ3n) is 6.16. The number of carbonyl (C=O) groups excluding carboxylic acids is 3. The Morgan fingerprint density at radius 2 is 1.42 bits per heavy atom. The number of thiazole rings is 1. The van der Waals surface area contributed by atoms with Gasteiger partial charge >= 0.3 is 0 Å². The first-order valence-corrected chi connectivity index (χ1v) is 11.8. The molecule has 1 amide bonds. The predicted molar refractivity (Wildman–Crippen MR) is 129 cm³/mol. The Hall–Kier alpha value is -3.16. The van der Waals surface area contributed by atoms with Crippen molar-refractivity contribution < 1.29 is 14.4 Å². The molecule has 4 rings (SSSR count). The molecule has 2 aromatic carbocycles. The van der Waals surface area contributed by atoms with Crippen LogP contribution in [0.25, 0.3) is 0 Å². The number of piperidine rings is 1. The first-order chi connectivity index (χ1) is 16.0. The summed E-state index contributed by atoms with van der Waals surface area (Å²) in [5.41, 5.74) is 1.21. The number of ketones is 2. The van der Waals surface area contributed by atoms with Gasteiger partial charge in [0.2, 0.25) is 5.91 Å². The van der Waals surface area contributed by atoms with E-state index in [0.717, 1.165) is 5.01 Å². The Morgan fingerprint density at radius 1 is 0.909 bits per heavy atom. The summed E-state index contributed by atoms with van der Waals surface area (Å²) in [6.07, 6.45) is 1.72. The molecule has 1 saturated heterocycles. The van der Waals surface area contributed by atoms with Crippen LogP contribution in [0.2, 0.25) is 0 Å². The van der Waals surface area contributed by atoms with Gasteiger partial charge in [-0.3, -0.25) is 19.3 Å². The SMILES string of the molecule is CN(C)C(=O)CN1CC(C(=O)c2ccccc2)C(c2nccs2)C(C(=O)c2ccccc2)C1. The van der Waals surface area contributed by atoms with E-state index in [0.29, 0.717) is 24.2 Å². The maximum Gasteiger partial charge on any atom is 0.236 e. The minimum Gasteiger partial charge on any atom is -0.348 e. The smallest absolute Gasteiger partial charge is 0.236 e. The van der Waals surface area contributed by atoms with Crippen molar-refractivity contribution in [2.45, 2.75) is 5.92 Å². The highest BCUT2D eigenvalue weighted by molar-refractivity contribution is 7.09. The van der Waals surface area contributed by atoms with Crippen molar-refractivity contribution in [1.82, 2.24) is 14.8 Å². The molecule has 0 radical (unpaired) electrons. The van der Waals surface area contributed by atoms with E-state index >= 15 is 0 Å². The average molecular weight is 462 g/mol. The molecular formula is C26H27N3O3S. The zero-order valence-electron chi connectivity index (χ0n) is 18.8. The fourth-order valence-corrected chi connectivity index (χ4v) is 5.34. The fourth-order valence-electron chi connectivity index (χ4n) is 4.47. The monoisotopic (exact) mass is 461 g/mol. The van der Waals surface area contributed by atoms with Crippen molar-refractivity contribution >= 4 is 28.8 Å². The van der Waals surface area contributed by atoms with Crippen LogP contribution in [0.1, 0.15) is 31.6 Å².